The molecule has 0 heterocycles. The first kappa shape index (κ1) is 15.9. The van der Waals surface area contributed by atoms with Gasteiger partial charge in [0.25, 0.3) is 0 Å². The van der Waals surface area contributed by atoms with Crippen molar-refractivity contribution < 1.29 is 19.1 Å². The van der Waals surface area contributed by atoms with E-state index in [0.717, 1.165) is 5.56 Å². The summed E-state index contributed by atoms with van der Waals surface area (Å²) in [7, 11) is 0. The second kappa shape index (κ2) is 7.45. The van der Waals surface area contributed by atoms with Crippen molar-refractivity contribution in [3.8, 4) is 0 Å². The molecule has 0 spiro atoms. The quantitative estimate of drug-likeness (QED) is 0.634. The standard InChI is InChI=1S/C15H19NO4/c1-4-19-15(18)10(2)14(20-11(3)17)13-7-5-12(9-16)6-8-13/h5-8,14H,2,4,9,16H2,1,3H3. The fourth-order valence-corrected chi connectivity index (χ4v) is 1.67. The number of rotatable bonds is 6. The summed E-state index contributed by atoms with van der Waals surface area (Å²) < 4.78 is 10.1. The first-order chi connectivity index (χ1) is 9.49. The van der Waals surface area contributed by atoms with Gasteiger partial charge in [0, 0.05) is 13.5 Å². The van der Waals surface area contributed by atoms with Crippen LogP contribution in [0.2, 0.25) is 0 Å². The Kier molecular flexibility index (Phi) is 5.93. The molecule has 20 heavy (non-hydrogen) atoms. The van der Waals surface area contributed by atoms with Crippen molar-refractivity contribution in [3.63, 3.8) is 0 Å². The summed E-state index contributed by atoms with van der Waals surface area (Å²) in [6.07, 6.45) is -0.849. The summed E-state index contributed by atoms with van der Waals surface area (Å²) in [5.41, 5.74) is 7.20. The van der Waals surface area contributed by atoms with E-state index in [9.17, 15) is 9.59 Å². The molecule has 0 aromatic heterocycles. The molecule has 0 bridgehead atoms. The fourth-order valence-electron chi connectivity index (χ4n) is 1.67. The van der Waals surface area contributed by atoms with Gasteiger partial charge in [-0.05, 0) is 18.1 Å². The van der Waals surface area contributed by atoms with Crippen LogP contribution in [0.3, 0.4) is 0 Å². The summed E-state index contributed by atoms with van der Waals surface area (Å²) in [4.78, 5) is 22.9. The highest BCUT2D eigenvalue weighted by Gasteiger charge is 2.24. The molecular formula is C15H19NO4. The van der Waals surface area contributed by atoms with E-state index >= 15 is 0 Å². The zero-order valence-electron chi connectivity index (χ0n) is 11.7. The van der Waals surface area contributed by atoms with Crippen LogP contribution >= 0.6 is 0 Å². The van der Waals surface area contributed by atoms with Gasteiger partial charge in [-0.2, -0.15) is 0 Å². The van der Waals surface area contributed by atoms with Gasteiger partial charge in [0.1, 0.15) is 0 Å². The summed E-state index contributed by atoms with van der Waals surface area (Å²) in [5, 5.41) is 0. The first-order valence-electron chi connectivity index (χ1n) is 6.31. The Hall–Kier alpha value is -2.14. The third kappa shape index (κ3) is 4.20. The summed E-state index contributed by atoms with van der Waals surface area (Å²) >= 11 is 0. The van der Waals surface area contributed by atoms with E-state index in [1.807, 2.05) is 12.1 Å². The minimum Gasteiger partial charge on any atom is -0.463 e. The van der Waals surface area contributed by atoms with E-state index in [-0.39, 0.29) is 12.2 Å². The normalized spacial score (nSPS) is 11.6. The van der Waals surface area contributed by atoms with Crippen LogP contribution < -0.4 is 5.73 Å². The zero-order valence-corrected chi connectivity index (χ0v) is 11.7. The van der Waals surface area contributed by atoms with Gasteiger partial charge in [-0.15, -0.1) is 0 Å². The molecule has 1 aromatic rings. The summed E-state index contributed by atoms with van der Waals surface area (Å²) in [6, 6.07) is 7.12. The lowest BCUT2D eigenvalue weighted by Gasteiger charge is -2.19. The third-order valence-electron chi connectivity index (χ3n) is 2.66. The average molecular weight is 277 g/mol. The van der Waals surface area contributed by atoms with Gasteiger partial charge >= 0.3 is 11.9 Å². The minimum absolute atomic E-state index is 0.0857. The van der Waals surface area contributed by atoms with Crippen molar-refractivity contribution in [1.29, 1.82) is 0 Å². The molecule has 1 aromatic carbocycles. The van der Waals surface area contributed by atoms with Crippen molar-refractivity contribution in [1.82, 2.24) is 0 Å². The van der Waals surface area contributed by atoms with Gasteiger partial charge in [-0.3, -0.25) is 4.79 Å². The molecule has 108 valence electrons. The molecule has 0 saturated heterocycles. The van der Waals surface area contributed by atoms with Gasteiger partial charge in [0.15, 0.2) is 6.10 Å². The molecule has 1 atom stereocenters. The number of carbonyl (C=O) groups is 2. The van der Waals surface area contributed by atoms with Crippen LogP contribution in [0.1, 0.15) is 31.1 Å². The third-order valence-corrected chi connectivity index (χ3v) is 2.66. The Morgan fingerprint density at radius 2 is 1.90 bits per heavy atom. The fraction of sp³-hybridized carbons (Fsp3) is 0.333. The number of carbonyl (C=O) groups excluding carboxylic acids is 2. The zero-order chi connectivity index (χ0) is 15.1. The van der Waals surface area contributed by atoms with E-state index in [1.54, 1.807) is 19.1 Å². The van der Waals surface area contributed by atoms with Crippen LogP contribution in [0.4, 0.5) is 0 Å². The molecule has 0 aliphatic heterocycles. The van der Waals surface area contributed by atoms with Crippen molar-refractivity contribution in [2.45, 2.75) is 26.5 Å². The molecule has 5 nitrogen and oxygen atoms in total. The lowest BCUT2D eigenvalue weighted by atomic mass is 10.0. The van der Waals surface area contributed by atoms with Crippen molar-refractivity contribution in [3.05, 3.63) is 47.5 Å². The highest BCUT2D eigenvalue weighted by atomic mass is 16.6. The van der Waals surface area contributed by atoms with Gasteiger partial charge < -0.3 is 15.2 Å². The van der Waals surface area contributed by atoms with Crippen LogP contribution in [-0.4, -0.2) is 18.5 Å². The molecule has 0 radical (unpaired) electrons. The maximum Gasteiger partial charge on any atom is 0.337 e. The number of hydrogen-bond donors (Lipinski definition) is 1. The lowest BCUT2D eigenvalue weighted by molar-refractivity contribution is -0.147. The van der Waals surface area contributed by atoms with Gasteiger partial charge in [0.05, 0.1) is 12.2 Å². The highest BCUT2D eigenvalue weighted by molar-refractivity contribution is 5.89. The molecule has 0 saturated carbocycles. The molecule has 0 amide bonds. The van der Waals surface area contributed by atoms with Gasteiger partial charge in [0.2, 0.25) is 0 Å². The van der Waals surface area contributed by atoms with E-state index in [2.05, 4.69) is 6.58 Å². The molecule has 0 aliphatic rings. The van der Waals surface area contributed by atoms with Crippen LogP contribution in [0.25, 0.3) is 0 Å². The first-order valence-corrected chi connectivity index (χ1v) is 6.31. The van der Waals surface area contributed by atoms with Crippen LogP contribution in [0.15, 0.2) is 36.4 Å². The van der Waals surface area contributed by atoms with Crippen LogP contribution in [-0.2, 0) is 25.6 Å². The molecule has 5 heteroatoms. The molecule has 1 rings (SSSR count). The molecule has 0 aliphatic carbocycles. The van der Waals surface area contributed by atoms with E-state index in [1.165, 1.54) is 6.92 Å². The smallest absolute Gasteiger partial charge is 0.337 e. The summed E-state index contributed by atoms with van der Waals surface area (Å²) in [6.45, 7) is 7.29. The van der Waals surface area contributed by atoms with E-state index < -0.39 is 18.0 Å². The van der Waals surface area contributed by atoms with Crippen molar-refractivity contribution in [2.24, 2.45) is 5.73 Å². The molecule has 0 fully saturated rings. The van der Waals surface area contributed by atoms with Crippen molar-refractivity contribution in [2.75, 3.05) is 6.61 Å². The monoisotopic (exact) mass is 277 g/mol. The van der Waals surface area contributed by atoms with Gasteiger partial charge in [-0.25, -0.2) is 4.79 Å². The lowest BCUT2D eigenvalue weighted by Crippen LogP contribution is -2.18. The predicted octanol–water partition coefficient (Wildman–Crippen LogP) is 1.87. The Morgan fingerprint density at radius 3 is 2.35 bits per heavy atom. The van der Waals surface area contributed by atoms with E-state index in [0.29, 0.717) is 12.1 Å². The minimum atomic E-state index is -0.849. The predicted molar refractivity (Wildman–Crippen MR) is 74.6 cm³/mol. The van der Waals surface area contributed by atoms with E-state index in [4.69, 9.17) is 15.2 Å². The van der Waals surface area contributed by atoms with Crippen molar-refractivity contribution >= 4 is 11.9 Å². The number of nitrogens with two attached hydrogens (primary N) is 1. The molecule has 1 unspecified atom stereocenters. The number of benzene rings is 1. The Labute approximate surface area is 118 Å². The largest absolute Gasteiger partial charge is 0.463 e. The van der Waals surface area contributed by atoms with Crippen LogP contribution in [0, 0.1) is 0 Å². The Morgan fingerprint density at radius 1 is 1.30 bits per heavy atom. The number of ether oxygens (including phenoxy) is 2. The Balaban J connectivity index is 3.01. The second-order valence-corrected chi connectivity index (χ2v) is 4.18. The second-order valence-electron chi connectivity index (χ2n) is 4.18. The van der Waals surface area contributed by atoms with Gasteiger partial charge in [-0.1, -0.05) is 30.8 Å². The maximum absolute atomic E-state index is 11.7. The maximum atomic E-state index is 11.7. The highest BCUT2D eigenvalue weighted by Crippen LogP contribution is 2.26. The topological polar surface area (TPSA) is 78.6 Å². The summed E-state index contributed by atoms with van der Waals surface area (Å²) in [5.74, 6) is -1.08. The SMILES string of the molecule is C=C(C(=O)OCC)C(OC(C)=O)c1ccc(CN)cc1. The number of hydrogen-bond acceptors (Lipinski definition) is 5. The average Bonchev–Trinajstić information content (AvgIpc) is 2.44. The Bertz CT molecular complexity index is 493. The van der Waals surface area contributed by atoms with Crippen LogP contribution in [0.5, 0.6) is 0 Å². The molecular weight excluding hydrogens is 258 g/mol. The molecule has 2 N–H and O–H groups in total. The number of esters is 2.